The Morgan fingerprint density at radius 3 is 2.70 bits per heavy atom. The van der Waals surface area contributed by atoms with E-state index < -0.39 is 10.0 Å². The summed E-state index contributed by atoms with van der Waals surface area (Å²) in [5.41, 5.74) is 0.503. The number of carbonyl (C=O) groups is 1. The number of nitrogens with zero attached hydrogens (tertiary/aromatic N) is 4. The van der Waals surface area contributed by atoms with Gasteiger partial charge in [0.15, 0.2) is 11.5 Å². The molecule has 0 aliphatic carbocycles. The number of amides is 1. The molecule has 0 radical (unpaired) electrons. The van der Waals surface area contributed by atoms with Crippen molar-refractivity contribution in [3.05, 3.63) is 36.2 Å². The smallest absolute Gasteiger partial charge is 0.254 e. The molecule has 2 aliphatic heterocycles. The summed E-state index contributed by atoms with van der Waals surface area (Å²) >= 11 is 0. The maximum atomic E-state index is 12.8. The van der Waals surface area contributed by atoms with Crippen molar-refractivity contribution < 1.29 is 22.7 Å². The summed E-state index contributed by atoms with van der Waals surface area (Å²) in [7, 11) is -1.94. The highest BCUT2D eigenvalue weighted by Gasteiger charge is 2.29. The van der Waals surface area contributed by atoms with Crippen molar-refractivity contribution in [1.29, 1.82) is 0 Å². The third-order valence-electron chi connectivity index (χ3n) is 4.68. The van der Waals surface area contributed by atoms with E-state index >= 15 is 0 Å². The lowest BCUT2D eigenvalue weighted by Gasteiger charge is -2.21. The van der Waals surface area contributed by atoms with Crippen molar-refractivity contribution in [3.8, 4) is 11.5 Å². The summed E-state index contributed by atoms with van der Waals surface area (Å²) < 4.78 is 39.0. The quantitative estimate of drug-likeness (QED) is 0.763. The van der Waals surface area contributed by atoms with Crippen molar-refractivity contribution in [2.45, 2.75) is 11.3 Å². The SMILES string of the molecule is Cn1cc(S(=O)(=O)N2CCCN(C(=O)c3ccc4c(c3)OCO4)CC2)cn1. The second-order valence-corrected chi connectivity index (χ2v) is 8.41. The number of ether oxygens (including phenoxy) is 2. The number of sulfonamides is 1. The van der Waals surface area contributed by atoms with Crippen LogP contribution in [0.15, 0.2) is 35.5 Å². The molecule has 4 rings (SSSR count). The molecule has 2 aliphatic rings. The van der Waals surface area contributed by atoms with Crippen molar-refractivity contribution in [2.24, 2.45) is 7.05 Å². The maximum absolute atomic E-state index is 12.8. The third-order valence-corrected chi connectivity index (χ3v) is 6.53. The summed E-state index contributed by atoms with van der Waals surface area (Å²) in [5, 5.41) is 3.94. The molecule has 0 bridgehead atoms. The Labute approximate surface area is 157 Å². The molecule has 27 heavy (non-hydrogen) atoms. The zero-order chi connectivity index (χ0) is 19.0. The van der Waals surface area contributed by atoms with Crippen LogP contribution in [0.1, 0.15) is 16.8 Å². The highest BCUT2D eigenvalue weighted by molar-refractivity contribution is 7.89. The van der Waals surface area contributed by atoms with Crippen molar-refractivity contribution >= 4 is 15.9 Å². The van der Waals surface area contributed by atoms with Crippen molar-refractivity contribution in [3.63, 3.8) is 0 Å². The van der Waals surface area contributed by atoms with Crippen molar-refractivity contribution in [1.82, 2.24) is 19.0 Å². The largest absolute Gasteiger partial charge is 0.454 e. The number of rotatable bonds is 3. The summed E-state index contributed by atoms with van der Waals surface area (Å²) in [5.74, 6) is 1.03. The van der Waals surface area contributed by atoms with Gasteiger partial charge in [0, 0.05) is 45.0 Å². The Balaban J connectivity index is 1.47. The Kier molecular flexibility index (Phi) is 4.52. The first-order valence-corrected chi connectivity index (χ1v) is 10.1. The lowest BCUT2D eigenvalue weighted by atomic mass is 10.1. The number of benzene rings is 1. The predicted molar refractivity (Wildman–Crippen MR) is 95.1 cm³/mol. The van der Waals surface area contributed by atoms with Gasteiger partial charge in [0.2, 0.25) is 16.8 Å². The van der Waals surface area contributed by atoms with E-state index in [2.05, 4.69) is 5.10 Å². The van der Waals surface area contributed by atoms with Crippen LogP contribution in [0.3, 0.4) is 0 Å². The number of fused-ring (bicyclic) bond motifs is 1. The first-order valence-electron chi connectivity index (χ1n) is 8.63. The van der Waals surface area contributed by atoms with E-state index in [0.717, 1.165) is 0 Å². The van der Waals surface area contributed by atoms with Gasteiger partial charge in [-0.2, -0.15) is 9.40 Å². The van der Waals surface area contributed by atoms with E-state index in [4.69, 9.17) is 9.47 Å². The van der Waals surface area contributed by atoms with Gasteiger partial charge in [-0.15, -0.1) is 0 Å². The van der Waals surface area contributed by atoms with Crippen LogP contribution in [0.4, 0.5) is 0 Å². The van der Waals surface area contributed by atoms with Gasteiger partial charge < -0.3 is 14.4 Å². The van der Waals surface area contributed by atoms with E-state index in [-0.39, 0.29) is 24.1 Å². The molecule has 0 spiro atoms. The lowest BCUT2D eigenvalue weighted by molar-refractivity contribution is 0.0764. The van der Waals surface area contributed by atoms with Gasteiger partial charge in [-0.25, -0.2) is 8.42 Å². The monoisotopic (exact) mass is 392 g/mol. The van der Waals surface area contributed by atoms with E-state index in [1.54, 1.807) is 30.1 Å². The molecule has 1 aromatic carbocycles. The molecule has 3 heterocycles. The molecule has 1 amide bonds. The number of aryl methyl sites for hydroxylation is 1. The van der Waals surface area contributed by atoms with Gasteiger partial charge >= 0.3 is 0 Å². The minimum atomic E-state index is -3.61. The van der Waals surface area contributed by atoms with Crippen LogP contribution in [0.25, 0.3) is 0 Å². The first-order chi connectivity index (χ1) is 12.9. The zero-order valence-electron chi connectivity index (χ0n) is 14.9. The number of hydrogen-bond donors (Lipinski definition) is 0. The molecule has 0 atom stereocenters. The molecule has 1 fully saturated rings. The van der Waals surface area contributed by atoms with Crippen LogP contribution < -0.4 is 9.47 Å². The van der Waals surface area contributed by atoms with Crippen LogP contribution >= 0.6 is 0 Å². The maximum Gasteiger partial charge on any atom is 0.254 e. The highest BCUT2D eigenvalue weighted by atomic mass is 32.2. The molecule has 10 heteroatoms. The van der Waals surface area contributed by atoms with Crippen LogP contribution in [-0.2, 0) is 17.1 Å². The highest BCUT2D eigenvalue weighted by Crippen LogP contribution is 2.33. The summed E-state index contributed by atoms with van der Waals surface area (Å²) in [6.07, 6.45) is 3.39. The van der Waals surface area contributed by atoms with Gasteiger partial charge in [0.25, 0.3) is 5.91 Å². The standard InChI is InChI=1S/C17H20N4O5S/c1-19-11-14(10-18-19)27(23,24)21-6-2-5-20(7-8-21)17(22)13-3-4-15-16(9-13)26-12-25-15/h3-4,9-11H,2,5-8,12H2,1H3. The molecule has 2 aromatic rings. The Hall–Kier alpha value is -2.59. The molecule has 144 valence electrons. The summed E-state index contributed by atoms with van der Waals surface area (Å²) in [6.45, 7) is 1.58. The van der Waals surface area contributed by atoms with E-state index in [0.29, 0.717) is 43.1 Å². The Morgan fingerprint density at radius 1 is 1.11 bits per heavy atom. The zero-order valence-corrected chi connectivity index (χ0v) is 15.7. The fourth-order valence-electron chi connectivity index (χ4n) is 3.23. The van der Waals surface area contributed by atoms with Gasteiger partial charge in [0.05, 0.1) is 6.20 Å². The normalized spacial score (nSPS) is 17.7. The fourth-order valence-corrected chi connectivity index (χ4v) is 4.69. The first kappa shape index (κ1) is 17.8. The third kappa shape index (κ3) is 3.37. The summed E-state index contributed by atoms with van der Waals surface area (Å²) in [6, 6.07) is 5.08. The predicted octanol–water partition coefficient (Wildman–Crippen LogP) is 0.686. The number of hydrogen-bond acceptors (Lipinski definition) is 6. The average Bonchev–Trinajstić information content (AvgIpc) is 3.22. The molecule has 9 nitrogen and oxygen atoms in total. The Morgan fingerprint density at radius 2 is 1.93 bits per heavy atom. The van der Waals surface area contributed by atoms with Gasteiger partial charge in [-0.3, -0.25) is 9.48 Å². The minimum absolute atomic E-state index is 0.145. The van der Waals surface area contributed by atoms with E-state index in [1.165, 1.54) is 21.4 Å². The van der Waals surface area contributed by atoms with Gasteiger partial charge in [-0.1, -0.05) is 0 Å². The lowest BCUT2D eigenvalue weighted by Crippen LogP contribution is -2.37. The molecular weight excluding hydrogens is 372 g/mol. The number of aromatic nitrogens is 2. The molecule has 0 N–H and O–H groups in total. The minimum Gasteiger partial charge on any atom is -0.454 e. The molecular formula is C17H20N4O5S. The fraction of sp³-hybridized carbons (Fsp3) is 0.412. The molecule has 1 saturated heterocycles. The van der Waals surface area contributed by atoms with Crippen LogP contribution in [0.5, 0.6) is 11.5 Å². The van der Waals surface area contributed by atoms with Crippen molar-refractivity contribution in [2.75, 3.05) is 33.0 Å². The molecule has 0 unspecified atom stereocenters. The van der Waals surface area contributed by atoms with Gasteiger partial charge in [0.1, 0.15) is 4.90 Å². The molecule has 0 saturated carbocycles. The van der Waals surface area contributed by atoms with E-state index in [1.807, 2.05) is 0 Å². The average molecular weight is 392 g/mol. The van der Waals surface area contributed by atoms with Crippen LogP contribution in [0.2, 0.25) is 0 Å². The molecule has 1 aromatic heterocycles. The van der Waals surface area contributed by atoms with Crippen LogP contribution in [-0.4, -0.2) is 66.3 Å². The second-order valence-electron chi connectivity index (χ2n) is 6.47. The second kappa shape index (κ2) is 6.86. The van der Waals surface area contributed by atoms with E-state index in [9.17, 15) is 13.2 Å². The topological polar surface area (TPSA) is 94.0 Å². The van der Waals surface area contributed by atoms with Crippen LogP contribution in [0, 0.1) is 0 Å². The Bertz CT molecular complexity index is 971. The van der Waals surface area contributed by atoms with Gasteiger partial charge in [-0.05, 0) is 24.6 Å². The summed E-state index contributed by atoms with van der Waals surface area (Å²) in [4.78, 5) is 14.7. The number of carbonyl (C=O) groups excluding carboxylic acids is 1.